The molecular weight excluding hydrogens is 288 g/mol. The zero-order valence-electron chi connectivity index (χ0n) is 13.8. The van der Waals surface area contributed by atoms with Crippen molar-refractivity contribution in [3.8, 4) is 0 Å². The Kier molecular flexibility index (Phi) is 5.01. The van der Waals surface area contributed by atoms with E-state index >= 15 is 0 Å². The number of hydrogen-bond donors (Lipinski definition) is 2. The van der Waals surface area contributed by atoms with Crippen LogP contribution in [0.25, 0.3) is 10.9 Å². The molecule has 1 atom stereocenters. The molecule has 1 aliphatic rings. The molecule has 1 unspecified atom stereocenters. The molecule has 0 bridgehead atoms. The molecule has 2 aromatic rings. The Morgan fingerprint density at radius 3 is 2.91 bits per heavy atom. The Morgan fingerprint density at radius 2 is 2.13 bits per heavy atom. The third-order valence-corrected chi connectivity index (χ3v) is 5.04. The maximum absolute atomic E-state index is 11.9. The summed E-state index contributed by atoms with van der Waals surface area (Å²) in [6, 6.07) is 7.96. The highest BCUT2D eigenvalue weighted by atomic mass is 16.3. The largest absolute Gasteiger partial charge is 0.387 e. The van der Waals surface area contributed by atoms with Crippen molar-refractivity contribution < 1.29 is 9.90 Å². The molecular formula is C19H26N2O2. The minimum atomic E-state index is -0.657. The molecule has 2 N–H and O–H groups in total. The molecule has 124 valence electrons. The van der Waals surface area contributed by atoms with Gasteiger partial charge >= 0.3 is 0 Å². The van der Waals surface area contributed by atoms with Gasteiger partial charge in [0, 0.05) is 31.7 Å². The molecule has 4 nitrogen and oxygen atoms in total. The van der Waals surface area contributed by atoms with Gasteiger partial charge in [-0.1, -0.05) is 31.7 Å². The van der Waals surface area contributed by atoms with E-state index in [4.69, 9.17) is 0 Å². The van der Waals surface area contributed by atoms with E-state index in [2.05, 4.69) is 9.88 Å². The zero-order chi connectivity index (χ0) is 16.2. The van der Waals surface area contributed by atoms with Gasteiger partial charge in [-0.05, 0) is 41.5 Å². The van der Waals surface area contributed by atoms with Crippen LogP contribution in [0.2, 0.25) is 0 Å². The van der Waals surface area contributed by atoms with Crippen LogP contribution in [-0.4, -0.2) is 22.1 Å². The summed E-state index contributed by atoms with van der Waals surface area (Å²) in [5, 5.41) is 14.3. The second-order valence-corrected chi connectivity index (χ2v) is 6.75. The Bertz CT molecular complexity index is 671. The van der Waals surface area contributed by atoms with Crippen molar-refractivity contribution in [1.29, 1.82) is 0 Å². The number of carbonyl (C=O) groups excluding carboxylic acids is 1. The van der Waals surface area contributed by atoms with Gasteiger partial charge in [0.05, 0.1) is 6.10 Å². The first-order valence-corrected chi connectivity index (χ1v) is 8.63. The van der Waals surface area contributed by atoms with Gasteiger partial charge in [0.1, 0.15) is 0 Å². The Balaban J connectivity index is 1.49. The molecule has 1 fully saturated rings. The molecule has 1 aliphatic carbocycles. The fourth-order valence-electron chi connectivity index (χ4n) is 3.56. The van der Waals surface area contributed by atoms with Crippen molar-refractivity contribution in [2.75, 3.05) is 6.54 Å². The van der Waals surface area contributed by atoms with Crippen molar-refractivity contribution in [2.45, 2.75) is 44.6 Å². The van der Waals surface area contributed by atoms with E-state index in [1.54, 1.807) is 0 Å². The van der Waals surface area contributed by atoms with E-state index in [-0.39, 0.29) is 12.5 Å². The number of fused-ring (bicyclic) bond motifs is 1. The van der Waals surface area contributed by atoms with E-state index in [9.17, 15) is 9.90 Å². The number of amides is 1. The van der Waals surface area contributed by atoms with Crippen molar-refractivity contribution >= 4 is 16.8 Å². The molecule has 1 heterocycles. The molecule has 1 aromatic heterocycles. The number of aromatic nitrogens is 1. The van der Waals surface area contributed by atoms with Gasteiger partial charge in [0.15, 0.2) is 0 Å². The first-order chi connectivity index (χ1) is 11.1. The third-order valence-electron chi connectivity index (χ3n) is 5.04. The maximum atomic E-state index is 11.9. The van der Waals surface area contributed by atoms with Crippen molar-refractivity contribution in [3.63, 3.8) is 0 Å². The number of benzene rings is 1. The standard InChI is InChI=1S/C19H26N2O2/c1-21-11-10-15-12-16(7-8-17(15)21)18(22)13-20-19(23)9-6-14-4-2-3-5-14/h7-8,10-12,14,18,22H,2-6,9,13H2,1H3,(H,20,23). The summed E-state index contributed by atoms with van der Waals surface area (Å²) in [4.78, 5) is 11.9. The normalized spacial score (nSPS) is 16.8. The second-order valence-electron chi connectivity index (χ2n) is 6.75. The summed E-state index contributed by atoms with van der Waals surface area (Å²) in [6.07, 6.45) is 8.08. The lowest BCUT2D eigenvalue weighted by Crippen LogP contribution is -2.28. The lowest BCUT2D eigenvalue weighted by Gasteiger charge is -2.14. The van der Waals surface area contributed by atoms with Crippen LogP contribution in [0.1, 0.15) is 50.2 Å². The summed E-state index contributed by atoms with van der Waals surface area (Å²) in [6.45, 7) is 0.280. The van der Waals surface area contributed by atoms with Crippen LogP contribution in [0.3, 0.4) is 0 Å². The van der Waals surface area contributed by atoms with Crippen LogP contribution in [0.15, 0.2) is 30.5 Å². The fraction of sp³-hybridized carbons (Fsp3) is 0.526. The lowest BCUT2D eigenvalue weighted by atomic mass is 10.0. The highest BCUT2D eigenvalue weighted by Crippen LogP contribution is 2.28. The fourth-order valence-corrected chi connectivity index (χ4v) is 3.56. The smallest absolute Gasteiger partial charge is 0.220 e. The monoisotopic (exact) mass is 314 g/mol. The van der Waals surface area contributed by atoms with Crippen LogP contribution >= 0.6 is 0 Å². The predicted octanol–water partition coefficient (Wildman–Crippen LogP) is 3.30. The molecule has 23 heavy (non-hydrogen) atoms. The quantitative estimate of drug-likeness (QED) is 0.859. The molecule has 1 aromatic carbocycles. The molecule has 3 rings (SSSR count). The predicted molar refractivity (Wildman–Crippen MR) is 92.1 cm³/mol. The van der Waals surface area contributed by atoms with Crippen molar-refractivity contribution in [1.82, 2.24) is 9.88 Å². The molecule has 1 saturated carbocycles. The van der Waals surface area contributed by atoms with Gasteiger partial charge in [-0.2, -0.15) is 0 Å². The summed E-state index contributed by atoms with van der Waals surface area (Å²) in [5.41, 5.74) is 1.99. The Morgan fingerprint density at radius 1 is 1.35 bits per heavy atom. The van der Waals surface area contributed by atoms with Gasteiger partial charge in [-0.15, -0.1) is 0 Å². The average Bonchev–Trinajstić information content (AvgIpc) is 3.20. The van der Waals surface area contributed by atoms with Gasteiger partial charge in [-0.3, -0.25) is 4.79 Å². The zero-order valence-corrected chi connectivity index (χ0v) is 13.8. The van der Waals surface area contributed by atoms with Crippen molar-refractivity contribution in [2.24, 2.45) is 13.0 Å². The van der Waals surface area contributed by atoms with E-state index in [0.29, 0.717) is 6.42 Å². The number of rotatable bonds is 6. The van der Waals surface area contributed by atoms with Crippen molar-refractivity contribution in [3.05, 3.63) is 36.0 Å². The van der Waals surface area contributed by atoms with E-state index in [1.807, 2.05) is 37.5 Å². The van der Waals surface area contributed by atoms with Crippen LogP contribution < -0.4 is 5.32 Å². The maximum Gasteiger partial charge on any atom is 0.220 e. The second kappa shape index (κ2) is 7.18. The summed E-state index contributed by atoms with van der Waals surface area (Å²) < 4.78 is 2.05. The minimum absolute atomic E-state index is 0.0525. The van der Waals surface area contributed by atoms with Gasteiger partial charge in [0.2, 0.25) is 5.91 Å². The van der Waals surface area contributed by atoms with Crippen LogP contribution in [0.5, 0.6) is 0 Å². The number of nitrogens with zero attached hydrogens (tertiary/aromatic N) is 1. The number of aliphatic hydroxyl groups excluding tert-OH is 1. The first-order valence-electron chi connectivity index (χ1n) is 8.63. The first kappa shape index (κ1) is 16.1. The lowest BCUT2D eigenvalue weighted by molar-refractivity contribution is -0.121. The molecule has 0 spiro atoms. The summed E-state index contributed by atoms with van der Waals surface area (Å²) in [5.74, 6) is 0.780. The third kappa shape index (κ3) is 3.94. The van der Waals surface area contributed by atoms with E-state index in [1.165, 1.54) is 25.7 Å². The topological polar surface area (TPSA) is 54.3 Å². The number of nitrogens with one attached hydrogen (secondary N) is 1. The molecule has 0 aliphatic heterocycles. The summed E-state index contributed by atoms with van der Waals surface area (Å²) >= 11 is 0. The molecule has 4 heteroatoms. The highest BCUT2D eigenvalue weighted by molar-refractivity contribution is 5.81. The van der Waals surface area contributed by atoms with E-state index in [0.717, 1.165) is 28.8 Å². The van der Waals surface area contributed by atoms with Gasteiger partial charge < -0.3 is 15.0 Å². The van der Waals surface area contributed by atoms with Crippen LogP contribution in [0.4, 0.5) is 0 Å². The molecule has 0 saturated heterocycles. The number of aliphatic hydroxyl groups is 1. The highest BCUT2D eigenvalue weighted by Gasteiger charge is 2.16. The Labute approximate surface area is 137 Å². The summed E-state index contributed by atoms with van der Waals surface area (Å²) in [7, 11) is 2.00. The number of carbonyl (C=O) groups is 1. The average molecular weight is 314 g/mol. The Hall–Kier alpha value is -1.81. The molecule has 1 amide bonds. The van der Waals surface area contributed by atoms with Gasteiger partial charge in [0.25, 0.3) is 0 Å². The van der Waals surface area contributed by atoms with E-state index < -0.39 is 6.10 Å². The van der Waals surface area contributed by atoms with Gasteiger partial charge in [-0.25, -0.2) is 0 Å². The number of aryl methyl sites for hydroxylation is 1. The van der Waals surface area contributed by atoms with Crippen LogP contribution in [-0.2, 0) is 11.8 Å². The van der Waals surface area contributed by atoms with Crippen LogP contribution in [0, 0.1) is 5.92 Å². The SMILES string of the molecule is Cn1ccc2cc(C(O)CNC(=O)CCC3CCCC3)ccc21. The molecule has 0 radical (unpaired) electrons. The number of hydrogen-bond acceptors (Lipinski definition) is 2. The minimum Gasteiger partial charge on any atom is -0.387 e.